The van der Waals surface area contributed by atoms with E-state index in [0.29, 0.717) is 17.4 Å². The number of rotatable bonds is 60. The molecule has 0 aromatic heterocycles. The highest BCUT2D eigenvalue weighted by Gasteiger charge is 2.25. The monoisotopic (exact) mass is 1140 g/mol. The Hall–Kier alpha value is -4.31. The van der Waals surface area contributed by atoms with E-state index in [-0.39, 0.29) is 38.6 Å². The summed E-state index contributed by atoms with van der Waals surface area (Å²) in [5.41, 5.74) is 0. The molecule has 0 aromatic rings. The van der Waals surface area contributed by atoms with Crippen molar-refractivity contribution in [1.29, 1.82) is 0 Å². The van der Waals surface area contributed by atoms with Gasteiger partial charge in [-0.15, -0.1) is 0 Å². The molecule has 0 aromatic carbocycles. The van der Waals surface area contributed by atoms with Crippen molar-refractivity contribution in [2.75, 3.05) is 47.5 Å². The summed E-state index contributed by atoms with van der Waals surface area (Å²) in [6.07, 6.45) is 85.8. The maximum atomic E-state index is 12.9. The van der Waals surface area contributed by atoms with Crippen molar-refractivity contribution in [3.05, 3.63) is 122 Å². The number of allylic oxidation sites excluding steroid dienone is 20. The highest BCUT2D eigenvalue weighted by molar-refractivity contribution is 5.71. The molecule has 9 nitrogen and oxygen atoms in total. The molecule has 2 atom stereocenters. The fraction of sp³-hybridized carbons (Fsp3) is 0.685. The molecule has 0 saturated heterocycles. The zero-order valence-corrected chi connectivity index (χ0v) is 53.4. The predicted molar refractivity (Wildman–Crippen MR) is 350 cm³/mol. The van der Waals surface area contributed by atoms with Crippen LogP contribution in [0.1, 0.15) is 264 Å². The number of likely N-dealkylation sites (N-methyl/N-ethyl adjacent to an activating group) is 1. The van der Waals surface area contributed by atoms with Crippen molar-refractivity contribution < 1.29 is 42.9 Å². The molecule has 0 aliphatic rings. The number of hydrogen-bond acceptors (Lipinski definition) is 7. The lowest BCUT2D eigenvalue weighted by molar-refractivity contribution is -0.870. The van der Waals surface area contributed by atoms with E-state index in [0.717, 1.165) is 109 Å². The Morgan fingerprint density at radius 2 is 0.695 bits per heavy atom. The molecule has 82 heavy (non-hydrogen) atoms. The number of ether oxygens (including phenoxy) is 4. The third kappa shape index (κ3) is 63.3. The lowest BCUT2D eigenvalue weighted by Gasteiger charge is -2.25. The van der Waals surface area contributed by atoms with E-state index in [4.69, 9.17) is 18.9 Å². The Morgan fingerprint density at radius 1 is 0.378 bits per heavy atom. The molecule has 0 spiro atoms. The topological polar surface area (TPSA) is 108 Å². The molecule has 0 heterocycles. The van der Waals surface area contributed by atoms with E-state index in [1.54, 1.807) is 0 Å². The van der Waals surface area contributed by atoms with Gasteiger partial charge in [0.1, 0.15) is 13.2 Å². The molecule has 468 valence electrons. The summed E-state index contributed by atoms with van der Waals surface area (Å²) in [4.78, 5) is 37.5. The Balaban J connectivity index is 4.11. The van der Waals surface area contributed by atoms with Crippen molar-refractivity contribution >= 4 is 17.9 Å². The Bertz CT molecular complexity index is 1760. The average molecular weight is 1140 g/mol. The number of carboxylic acids is 1. The fourth-order valence-corrected chi connectivity index (χ4v) is 8.88. The minimum Gasteiger partial charge on any atom is -0.477 e. The van der Waals surface area contributed by atoms with Crippen LogP contribution in [0.25, 0.3) is 0 Å². The number of nitrogens with zero attached hydrogens (tertiary/aromatic N) is 1. The first-order chi connectivity index (χ1) is 40.1. The minimum absolute atomic E-state index is 0.182. The van der Waals surface area contributed by atoms with E-state index in [2.05, 4.69) is 135 Å². The number of carbonyl (C=O) groups excluding carboxylic acids is 2. The molecular weight excluding hydrogens is 1020 g/mol. The summed E-state index contributed by atoms with van der Waals surface area (Å²) in [7, 11) is 5.97. The normalized spacial score (nSPS) is 13.5. The molecule has 0 rings (SSSR count). The number of carboxylic acid groups (broad SMARTS) is 1. The summed E-state index contributed by atoms with van der Waals surface area (Å²) >= 11 is 0. The summed E-state index contributed by atoms with van der Waals surface area (Å²) in [5, 5.41) is 9.72. The maximum Gasteiger partial charge on any atom is 0.361 e. The molecule has 0 aliphatic heterocycles. The molecule has 0 saturated carbocycles. The molecule has 0 fully saturated rings. The van der Waals surface area contributed by atoms with Gasteiger partial charge in [-0.05, 0) is 109 Å². The molecule has 0 bridgehead atoms. The number of unbranched alkanes of at least 4 members (excludes halogenated alkanes) is 25. The Morgan fingerprint density at radius 3 is 1.04 bits per heavy atom. The predicted octanol–water partition coefficient (Wildman–Crippen LogP) is 20.4. The third-order valence-corrected chi connectivity index (χ3v) is 14.0. The van der Waals surface area contributed by atoms with Gasteiger partial charge in [0.15, 0.2) is 6.10 Å². The van der Waals surface area contributed by atoms with Gasteiger partial charge in [-0.3, -0.25) is 9.59 Å². The van der Waals surface area contributed by atoms with E-state index < -0.39 is 24.3 Å². The van der Waals surface area contributed by atoms with Crippen LogP contribution >= 0.6 is 0 Å². The van der Waals surface area contributed by atoms with E-state index in [9.17, 15) is 19.5 Å². The summed E-state index contributed by atoms with van der Waals surface area (Å²) < 4.78 is 22.9. The second-order valence-corrected chi connectivity index (χ2v) is 23.0. The average Bonchev–Trinajstić information content (AvgIpc) is 3.45. The summed E-state index contributed by atoms with van der Waals surface area (Å²) in [5.74, 6) is -2.02. The van der Waals surface area contributed by atoms with Crippen LogP contribution in [-0.4, -0.2) is 87.4 Å². The van der Waals surface area contributed by atoms with E-state index in [1.807, 2.05) is 21.1 Å². The van der Waals surface area contributed by atoms with E-state index in [1.165, 1.54) is 122 Å². The van der Waals surface area contributed by atoms with Gasteiger partial charge in [-0.1, -0.05) is 264 Å². The van der Waals surface area contributed by atoms with Gasteiger partial charge in [0.2, 0.25) is 0 Å². The number of aliphatic carboxylic acids is 1. The third-order valence-electron chi connectivity index (χ3n) is 14.0. The SMILES string of the molecule is CC/C=C\C/C=C\C/C=C\C/C=C\C/C=C\C/C=C\C/C=C\C/C=C\CCCCCCCCCCCCCCCCC(=O)OC(COC(=O)CCCCCCCCC/C=C\C/C=C\CCCCCC)COC(OCC[N+](C)(C)C)C(=O)O. The van der Waals surface area contributed by atoms with Gasteiger partial charge in [0, 0.05) is 12.8 Å². The van der Waals surface area contributed by atoms with Crippen molar-refractivity contribution in [3.63, 3.8) is 0 Å². The summed E-state index contributed by atoms with van der Waals surface area (Å²) in [6.45, 7) is 4.74. The van der Waals surface area contributed by atoms with E-state index >= 15 is 0 Å². The van der Waals surface area contributed by atoms with Gasteiger partial charge >= 0.3 is 17.9 Å². The number of hydrogen-bond donors (Lipinski definition) is 1. The van der Waals surface area contributed by atoms with Crippen LogP contribution in [0.3, 0.4) is 0 Å². The zero-order chi connectivity index (χ0) is 59.8. The second kappa shape index (κ2) is 62.7. The first-order valence-electron chi connectivity index (χ1n) is 33.2. The van der Waals surface area contributed by atoms with Crippen molar-refractivity contribution in [3.8, 4) is 0 Å². The van der Waals surface area contributed by atoms with Crippen LogP contribution in [0, 0.1) is 0 Å². The molecule has 2 unspecified atom stereocenters. The van der Waals surface area contributed by atoms with Crippen LogP contribution in [0.2, 0.25) is 0 Å². The van der Waals surface area contributed by atoms with Gasteiger partial charge in [-0.2, -0.15) is 0 Å². The first kappa shape index (κ1) is 77.7. The van der Waals surface area contributed by atoms with Gasteiger partial charge in [0.05, 0.1) is 34.4 Å². The van der Waals surface area contributed by atoms with Crippen LogP contribution in [-0.2, 0) is 33.3 Å². The molecule has 0 amide bonds. The Kier molecular flexibility index (Phi) is 59.4. The highest BCUT2D eigenvalue weighted by Crippen LogP contribution is 2.16. The van der Waals surface area contributed by atoms with Crippen molar-refractivity contribution in [2.24, 2.45) is 0 Å². The second-order valence-electron chi connectivity index (χ2n) is 23.0. The van der Waals surface area contributed by atoms with Crippen LogP contribution in [0.15, 0.2) is 122 Å². The number of quaternary nitrogens is 1. The molecule has 1 N–H and O–H groups in total. The zero-order valence-electron chi connectivity index (χ0n) is 53.4. The minimum atomic E-state index is -1.52. The van der Waals surface area contributed by atoms with Crippen molar-refractivity contribution in [1.82, 2.24) is 0 Å². The van der Waals surface area contributed by atoms with Crippen LogP contribution in [0.4, 0.5) is 0 Å². The quantitative estimate of drug-likeness (QED) is 0.0211. The van der Waals surface area contributed by atoms with Gasteiger partial charge < -0.3 is 28.5 Å². The Labute approximate surface area is 504 Å². The van der Waals surface area contributed by atoms with Gasteiger partial charge in [0.25, 0.3) is 6.29 Å². The maximum absolute atomic E-state index is 12.9. The lowest BCUT2D eigenvalue weighted by Crippen LogP contribution is -2.40. The smallest absolute Gasteiger partial charge is 0.361 e. The number of esters is 2. The van der Waals surface area contributed by atoms with Gasteiger partial charge in [-0.25, -0.2) is 4.79 Å². The standard InChI is InChI=1S/C73H123NO8/c1-6-8-10-12-14-16-18-20-22-24-26-27-28-29-30-31-32-33-34-35-36-37-38-39-40-41-42-43-44-45-46-48-50-52-54-56-58-60-62-64-71(76)82-69(68-81-73(72(77)78)79-66-65-74(3,4)5)67-80-70(75)63-61-59-57-55-53-51-49-47-25-23-21-19-17-15-13-11-9-7-2/h8,10,14,16-17,19-20,22-23,25-27,29-30,32-33,35-36,38-39,69,73H,6-7,9,11-13,15,18,21,24,28,31,34,37,40-68H2,1-5H3/p+1/b10-8-,16-14-,19-17-,22-20-,25-23-,27-26-,30-29-,33-32-,36-35-,39-38-. The largest absolute Gasteiger partial charge is 0.477 e. The van der Waals surface area contributed by atoms with Crippen LogP contribution < -0.4 is 0 Å². The number of carbonyl (C=O) groups is 3. The lowest BCUT2D eigenvalue weighted by atomic mass is 10.0. The van der Waals surface area contributed by atoms with Crippen molar-refractivity contribution in [2.45, 2.75) is 277 Å². The summed E-state index contributed by atoms with van der Waals surface area (Å²) in [6, 6.07) is 0. The molecule has 0 radical (unpaired) electrons. The van der Waals surface area contributed by atoms with Crippen LogP contribution in [0.5, 0.6) is 0 Å². The fourth-order valence-electron chi connectivity index (χ4n) is 8.88. The highest BCUT2D eigenvalue weighted by atomic mass is 16.7. The first-order valence-corrected chi connectivity index (χ1v) is 33.2. The molecule has 0 aliphatic carbocycles. The molecular formula is C73H124NO8+. The molecule has 9 heteroatoms.